The summed E-state index contributed by atoms with van der Waals surface area (Å²) in [6, 6.07) is 25.3. The molecule has 0 saturated heterocycles. The Morgan fingerprint density at radius 3 is 2.41 bits per heavy atom. The van der Waals surface area contributed by atoms with Gasteiger partial charge >= 0.3 is 0 Å². The zero-order valence-corrected chi connectivity index (χ0v) is 16.6. The van der Waals surface area contributed by atoms with Gasteiger partial charge in [0.05, 0.1) is 0 Å². The van der Waals surface area contributed by atoms with Crippen LogP contribution in [0.2, 0.25) is 5.02 Å². The third-order valence-electron chi connectivity index (χ3n) is 4.88. The van der Waals surface area contributed by atoms with Crippen molar-refractivity contribution in [1.29, 1.82) is 0 Å². The molecule has 0 spiro atoms. The number of anilines is 1. The molecular formula is C24H21ClN2O2. The Balaban J connectivity index is 1.72. The fourth-order valence-corrected chi connectivity index (χ4v) is 3.59. The average molecular weight is 405 g/mol. The van der Waals surface area contributed by atoms with Gasteiger partial charge in [-0.25, -0.2) is 0 Å². The Kier molecular flexibility index (Phi) is 5.65. The SMILES string of the molecule is O=C(Nc1ccc(Cl)cc1)c1cc2cc(-c3ccccc3)ccc2n1CCCO. The highest BCUT2D eigenvalue weighted by Gasteiger charge is 2.16. The quantitative estimate of drug-likeness (QED) is 0.439. The van der Waals surface area contributed by atoms with Crippen molar-refractivity contribution >= 4 is 34.1 Å². The summed E-state index contributed by atoms with van der Waals surface area (Å²) in [4.78, 5) is 13.0. The van der Waals surface area contributed by atoms with Crippen molar-refractivity contribution in [2.45, 2.75) is 13.0 Å². The van der Waals surface area contributed by atoms with Gasteiger partial charge in [-0.3, -0.25) is 4.79 Å². The van der Waals surface area contributed by atoms with Crippen LogP contribution in [-0.2, 0) is 6.54 Å². The molecule has 5 heteroatoms. The molecular weight excluding hydrogens is 384 g/mol. The van der Waals surface area contributed by atoms with Crippen molar-refractivity contribution in [1.82, 2.24) is 4.57 Å². The number of carbonyl (C=O) groups excluding carboxylic acids is 1. The molecule has 1 heterocycles. The lowest BCUT2D eigenvalue weighted by Crippen LogP contribution is -2.17. The van der Waals surface area contributed by atoms with Crippen LogP contribution in [-0.4, -0.2) is 22.2 Å². The summed E-state index contributed by atoms with van der Waals surface area (Å²) in [6.07, 6.45) is 0.575. The van der Waals surface area contributed by atoms with E-state index in [2.05, 4.69) is 29.6 Å². The van der Waals surface area contributed by atoms with Crippen molar-refractivity contribution in [2.24, 2.45) is 0 Å². The second kappa shape index (κ2) is 8.52. The van der Waals surface area contributed by atoms with Crippen LogP contribution in [0.25, 0.3) is 22.0 Å². The number of aliphatic hydroxyl groups excluding tert-OH is 1. The molecule has 3 aromatic carbocycles. The molecule has 1 aromatic heterocycles. The third kappa shape index (κ3) is 4.19. The molecule has 1 amide bonds. The number of aromatic nitrogens is 1. The molecule has 0 saturated carbocycles. The standard InChI is InChI=1S/C24H21ClN2O2/c25-20-8-10-21(11-9-20)26-24(29)23-16-19-15-18(17-5-2-1-3-6-17)7-12-22(19)27(23)13-4-14-28/h1-3,5-12,15-16,28H,4,13-14H2,(H,26,29). The zero-order valence-electron chi connectivity index (χ0n) is 15.8. The molecule has 146 valence electrons. The van der Waals surface area contributed by atoms with Gasteiger partial charge < -0.3 is 15.0 Å². The number of benzene rings is 3. The van der Waals surface area contributed by atoms with Gasteiger partial charge in [-0.05, 0) is 60.0 Å². The smallest absolute Gasteiger partial charge is 0.272 e. The number of aryl methyl sites for hydroxylation is 1. The predicted octanol–water partition coefficient (Wildman–Crippen LogP) is 5.60. The molecule has 4 rings (SSSR count). The lowest BCUT2D eigenvalue weighted by atomic mass is 10.0. The maximum Gasteiger partial charge on any atom is 0.272 e. The van der Waals surface area contributed by atoms with E-state index in [9.17, 15) is 9.90 Å². The number of nitrogens with one attached hydrogen (secondary N) is 1. The number of aliphatic hydroxyl groups is 1. The molecule has 0 bridgehead atoms. The van der Waals surface area contributed by atoms with Gasteiger partial charge in [-0.1, -0.05) is 48.0 Å². The first-order valence-electron chi connectivity index (χ1n) is 9.52. The maximum absolute atomic E-state index is 13.0. The van der Waals surface area contributed by atoms with Crippen LogP contribution in [0.5, 0.6) is 0 Å². The van der Waals surface area contributed by atoms with E-state index in [4.69, 9.17) is 11.6 Å². The van der Waals surface area contributed by atoms with Gasteiger partial charge in [0.2, 0.25) is 0 Å². The molecule has 0 atom stereocenters. The van der Waals surface area contributed by atoms with Crippen LogP contribution < -0.4 is 5.32 Å². The van der Waals surface area contributed by atoms with Crippen molar-refractivity contribution in [3.63, 3.8) is 0 Å². The minimum absolute atomic E-state index is 0.0695. The monoisotopic (exact) mass is 404 g/mol. The topological polar surface area (TPSA) is 54.3 Å². The molecule has 4 nitrogen and oxygen atoms in total. The number of fused-ring (bicyclic) bond motifs is 1. The van der Waals surface area contributed by atoms with Crippen LogP contribution >= 0.6 is 11.6 Å². The van der Waals surface area contributed by atoms with Crippen LogP contribution in [0.15, 0.2) is 78.9 Å². The summed E-state index contributed by atoms with van der Waals surface area (Å²) in [5.41, 5.74) is 4.45. The lowest BCUT2D eigenvalue weighted by Gasteiger charge is -2.11. The highest BCUT2D eigenvalue weighted by molar-refractivity contribution is 6.30. The molecule has 0 fully saturated rings. The summed E-state index contributed by atoms with van der Waals surface area (Å²) >= 11 is 5.93. The second-order valence-electron chi connectivity index (χ2n) is 6.86. The van der Waals surface area contributed by atoms with Crippen molar-refractivity contribution < 1.29 is 9.90 Å². The summed E-state index contributed by atoms with van der Waals surface area (Å²) < 4.78 is 1.96. The number of halogens is 1. The molecule has 2 N–H and O–H groups in total. The molecule has 0 aliphatic rings. The molecule has 0 radical (unpaired) electrons. The summed E-state index contributed by atoms with van der Waals surface area (Å²) in [5.74, 6) is -0.192. The number of carbonyl (C=O) groups is 1. The average Bonchev–Trinajstić information content (AvgIpc) is 3.12. The highest BCUT2D eigenvalue weighted by atomic mass is 35.5. The van der Waals surface area contributed by atoms with Crippen molar-refractivity contribution in [3.05, 3.63) is 89.6 Å². The van der Waals surface area contributed by atoms with Gasteiger partial charge in [-0.15, -0.1) is 0 Å². The first kappa shape index (κ1) is 19.2. The number of hydrogen-bond donors (Lipinski definition) is 2. The van der Waals surface area contributed by atoms with Crippen LogP contribution in [0.3, 0.4) is 0 Å². The van der Waals surface area contributed by atoms with Gasteiger partial charge in [0.15, 0.2) is 0 Å². The fraction of sp³-hybridized carbons (Fsp3) is 0.125. The summed E-state index contributed by atoms with van der Waals surface area (Å²) in [6.45, 7) is 0.633. The molecule has 0 aliphatic carbocycles. The maximum atomic E-state index is 13.0. The third-order valence-corrected chi connectivity index (χ3v) is 5.14. The Bertz CT molecular complexity index is 1130. The molecule has 4 aromatic rings. The van der Waals surface area contributed by atoms with E-state index in [-0.39, 0.29) is 12.5 Å². The van der Waals surface area contributed by atoms with Gasteiger partial charge in [0.25, 0.3) is 5.91 Å². The van der Waals surface area contributed by atoms with Crippen LogP contribution in [0.4, 0.5) is 5.69 Å². The van der Waals surface area contributed by atoms with E-state index in [1.54, 1.807) is 24.3 Å². The normalized spacial score (nSPS) is 11.0. The zero-order chi connectivity index (χ0) is 20.2. The molecule has 29 heavy (non-hydrogen) atoms. The van der Waals surface area contributed by atoms with E-state index >= 15 is 0 Å². The number of nitrogens with zero attached hydrogens (tertiary/aromatic N) is 1. The second-order valence-corrected chi connectivity index (χ2v) is 7.30. The molecule has 0 aliphatic heterocycles. The van der Waals surface area contributed by atoms with E-state index in [1.165, 1.54) is 0 Å². The van der Waals surface area contributed by atoms with Gasteiger partial charge in [0, 0.05) is 34.8 Å². The fourth-order valence-electron chi connectivity index (χ4n) is 3.47. The van der Waals surface area contributed by atoms with Gasteiger partial charge in [0.1, 0.15) is 5.69 Å². The predicted molar refractivity (Wildman–Crippen MR) is 118 cm³/mol. The van der Waals surface area contributed by atoms with E-state index in [0.717, 1.165) is 22.0 Å². The first-order valence-corrected chi connectivity index (χ1v) is 9.90. The number of amides is 1. The van der Waals surface area contributed by atoms with Crippen molar-refractivity contribution in [2.75, 3.05) is 11.9 Å². The summed E-state index contributed by atoms with van der Waals surface area (Å²) in [7, 11) is 0. The highest BCUT2D eigenvalue weighted by Crippen LogP contribution is 2.28. The van der Waals surface area contributed by atoms with E-state index in [0.29, 0.717) is 29.4 Å². The van der Waals surface area contributed by atoms with Crippen molar-refractivity contribution in [3.8, 4) is 11.1 Å². The molecule has 0 unspecified atom stereocenters. The largest absolute Gasteiger partial charge is 0.396 e. The number of hydrogen-bond acceptors (Lipinski definition) is 2. The summed E-state index contributed by atoms with van der Waals surface area (Å²) in [5, 5.41) is 13.8. The Hall–Kier alpha value is -3.08. The van der Waals surface area contributed by atoms with E-state index in [1.807, 2.05) is 34.9 Å². The number of rotatable bonds is 6. The first-order chi connectivity index (χ1) is 14.2. The van der Waals surface area contributed by atoms with E-state index < -0.39 is 0 Å². The Morgan fingerprint density at radius 2 is 1.69 bits per heavy atom. The Morgan fingerprint density at radius 1 is 0.931 bits per heavy atom. The minimum Gasteiger partial charge on any atom is -0.396 e. The Labute approximate surface area is 174 Å². The van der Waals surface area contributed by atoms with Crippen LogP contribution in [0.1, 0.15) is 16.9 Å². The van der Waals surface area contributed by atoms with Gasteiger partial charge in [-0.2, -0.15) is 0 Å². The lowest BCUT2D eigenvalue weighted by molar-refractivity contribution is 0.101. The minimum atomic E-state index is -0.192. The van der Waals surface area contributed by atoms with Crippen LogP contribution in [0, 0.1) is 0 Å².